The molecule has 0 aromatic carbocycles. The van der Waals surface area contributed by atoms with Crippen LogP contribution in [0.3, 0.4) is 0 Å². The molecule has 0 radical (unpaired) electrons. The second kappa shape index (κ2) is 9.02. The van der Waals surface area contributed by atoms with Gasteiger partial charge in [-0.15, -0.1) is 11.6 Å². The van der Waals surface area contributed by atoms with Crippen LogP contribution in [-0.4, -0.2) is 46.3 Å². The summed E-state index contributed by atoms with van der Waals surface area (Å²) in [5.41, 5.74) is 1.86. The van der Waals surface area contributed by atoms with Crippen LogP contribution in [0.15, 0.2) is 0 Å². The van der Waals surface area contributed by atoms with Crippen molar-refractivity contribution in [1.29, 1.82) is 0 Å². The van der Waals surface area contributed by atoms with Crippen molar-refractivity contribution in [3.8, 4) is 0 Å². The van der Waals surface area contributed by atoms with Gasteiger partial charge in [-0.1, -0.05) is 19.3 Å². The van der Waals surface area contributed by atoms with Crippen LogP contribution in [0.4, 0.5) is 5.82 Å². The molecule has 6 heteroatoms. The number of rotatable bonds is 5. The second-order valence-electron chi connectivity index (χ2n) is 10.2. The predicted molar refractivity (Wildman–Crippen MR) is 122 cm³/mol. The zero-order chi connectivity index (χ0) is 21.3. The van der Waals surface area contributed by atoms with E-state index in [0.717, 1.165) is 62.2 Å². The quantitative estimate of drug-likeness (QED) is 0.611. The molecule has 5 nitrogen and oxygen atoms in total. The molecule has 3 heterocycles. The predicted octanol–water partition coefficient (Wildman–Crippen LogP) is 5.05. The summed E-state index contributed by atoms with van der Waals surface area (Å²) in [5.74, 6) is 3.22. The van der Waals surface area contributed by atoms with Crippen molar-refractivity contribution in [3.05, 3.63) is 17.1 Å². The number of nitrogens with zero attached hydrogens (tertiary/aromatic N) is 4. The van der Waals surface area contributed by atoms with E-state index in [1.807, 2.05) is 18.7 Å². The van der Waals surface area contributed by atoms with Crippen LogP contribution >= 0.6 is 11.6 Å². The van der Waals surface area contributed by atoms with Crippen LogP contribution in [0, 0.1) is 18.3 Å². The van der Waals surface area contributed by atoms with Crippen LogP contribution in [0.1, 0.15) is 88.3 Å². The highest BCUT2D eigenvalue weighted by atomic mass is 35.5. The van der Waals surface area contributed by atoms with Crippen molar-refractivity contribution in [2.24, 2.45) is 11.3 Å². The van der Waals surface area contributed by atoms with Crippen molar-refractivity contribution in [2.45, 2.75) is 84.6 Å². The molecule has 166 valence electrons. The number of anilines is 1. The highest BCUT2D eigenvalue weighted by Gasteiger charge is 2.39. The van der Waals surface area contributed by atoms with E-state index in [1.165, 1.54) is 44.1 Å². The maximum Gasteiger partial charge on any atom is 0.230 e. The monoisotopic (exact) mass is 432 g/mol. The third-order valence-electron chi connectivity index (χ3n) is 7.29. The van der Waals surface area contributed by atoms with E-state index in [-0.39, 0.29) is 11.9 Å². The normalized spacial score (nSPS) is 23.0. The molecule has 1 aromatic heterocycles. The molecule has 1 unspecified atom stereocenters. The molecule has 1 saturated carbocycles. The first-order chi connectivity index (χ1) is 14.4. The summed E-state index contributed by atoms with van der Waals surface area (Å²) in [5, 5.41) is 0. The maximum atomic E-state index is 13.2. The fraction of sp³-hybridized carbons (Fsp3) is 0.792. The smallest absolute Gasteiger partial charge is 0.230 e. The van der Waals surface area contributed by atoms with Gasteiger partial charge in [0.25, 0.3) is 0 Å². The summed E-state index contributed by atoms with van der Waals surface area (Å²) >= 11 is 6.11. The van der Waals surface area contributed by atoms with E-state index in [1.54, 1.807) is 0 Å². The summed E-state index contributed by atoms with van der Waals surface area (Å²) < 4.78 is 0. The van der Waals surface area contributed by atoms with Crippen molar-refractivity contribution in [3.63, 3.8) is 0 Å². The number of halogens is 1. The van der Waals surface area contributed by atoms with Gasteiger partial charge in [0.05, 0.1) is 11.5 Å². The van der Waals surface area contributed by atoms with E-state index in [2.05, 4.69) is 11.8 Å². The Balaban J connectivity index is 1.61. The Morgan fingerprint density at radius 1 is 1.07 bits per heavy atom. The molecule has 3 aliphatic rings. The summed E-state index contributed by atoms with van der Waals surface area (Å²) in [4.78, 5) is 27.7. The molecule has 30 heavy (non-hydrogen) atoms. The van der Waals surface area contributed by atoms with E-state index in [4.69, 9.17) is 21.6 Å². The minimum Gasteiger partial charge on any atom is -0.356 e. The van der Waals surface area contributed by atoms with Crippen LogP contribution in [-0.2, 0) is 11.2 Å². The van der Waals surface area contributed by atoms with Gasteiger partial charge in [0.15, 0.2) is 5.82 Å². The lowest BCUT2D eigenvalue weighted by molar-refractivity contribution is -0.140. The summed E-state index contributed by atoms with van der Waals surface area (Å²) in [7, 11) is 0. The number of likely N-dealkylation sites (tertiary alicyclic amines) is 1. The number of carbonyl (C=O) groups excluding carboxylic acids is 1. The van der Waals surface area contributed by atoms with Gasteiger partial charge in [-0.3, -0.25) is 4.79 Å². The van der Waals surface area contributed by atoms with Crippen LogP contribution < -0.4 is 4.90 Å². The Morgan fingerprint density at radius 2 is 1.83 bits per heavy atom. The number of hydrogen-bond acceptors (Lipinski definition) is 4. The Kier molecular flexibility index (Phi) is 6.57. The highest BCUT2D eigenvalue weighted by molar-refractivity contribution is 6.19. The van der Waals surface area contributed by atoms with Gasteiger partial charge in [0.2, 0.25) is 5.91 Å². The second-order valence-corrected chi connectivity index (χ2v) is 10.5. The van der Waals surface area contributed by atoms with Gasteiger partial charge in [-0.25, -0.2) is 9.97 Å². The molecule has 0 bridgehead atoms. The zero-order valence-corrected chi connectivity index (χ0v) is 19.7. The molecule has 0 spiro atoms. The lowest BCUT2D eigenvalue weighted by Gasteiger charge is -2.36. The Bertz CT molecular complexity index is 775. The number of amides is 1. The van der Waals surface area contributed by atoms with Gasteiger partial charge in [-0.2, -0.15) is 0 Å². The number of fused-ring (bicyclic) bond motifs is 1. The molecule has 2 aliphatic heterocycles. The zero-order valence-electron chi connectivity index (χ0n) is 18.9. The average molecular weight is 433 g/mol. The molecule has 1 aromatic rings. The van der Waals surface area contributed by atoms with Crippen molar-refractivity contribution in [2.75, 3.05) is 30.4 Å². The molecule has 1 saturated heterocycles. The van der Waals surface area contributed by atoms with Gasteiger partial charge >= 0.3 is 0 Å². The van der Waals surface area contributed by atoms with Crippen molar-refractivity contribution < 1.29 is 4.79 Å². The molecule has 1 amide bonds. The minimum atomic E-state index is -0.555. The third-order valence-corrected chi connectivity index (χ3v) is 7.96. The Hall–Kier alpha value is -1.36. The van der Waals surface area contributed by atoms with Crippen molar-refractivity contribution >= 4 is 23.3 Å². The van der Waals surface area contributed by atoms with Gasteiger partial charge in [0.1, 0.15) is 5.82 Å². The topological polar surface area (TPSA) is 49.3 Å². The molecule has 4 rings (SSSR count). The first-order valence-electron chi connectivity index (χ1n) is 11.9. The van der Waals surface area contributed by atoms with E-state index in [0.29, 0.717) is 5.88 Å². The third kappa shape index (κ3) is 4.32. The van der Waals surface area contributed by atoms with Gasteiger partial charge in [0, 0.05) is 36.8 Å². The van der Waals surface area contributed by atoms with Gasteiger partial charge < -0.3 is 9.80 Å². The largest absolute Gasteiger partial charge is 0.356 e. The summed E-state index contributed by atoms with van der Waals surface area (Å²) in [6.07, 6.45) is 11.0. The van der Waals surface area contributed by atoms with E-state index >= 15 is 0 Å². The Morgan fingerprint density at radius 3 is 2.57 bits per heavy atom. The number of aromatic nitrogens is 2. The standard InChI is InChI=1S/C24H37ClN4O/c1-17-19-11-7-13-28(15-18-9-5-4-6-10-18)22(19)27-21(26-17)20-12-8-14-29(20)23(30)24(2,3)16-25/h18,20H,4-16H2,1-3H3. The molecule has 1 atom stereocenters. The minimum absolute atomic E-state index is 0.0255. The lowest BCUT2D eigenvalue weighted by Crippen LogP contribution is -2.42. The van der Waals surface area contributed by atoms with E-state index < -0.39 is 5.41 Å². The lowest BCUT2D eigenvalue weighted by atomic mass is 9.88. The molecular weight excluding hydrogens is 396 g/mol. The number of hydrogen-bond donors (Lipinski definition) is 0. The van der Waals surface area contributed by atoms with Crippen LogP contribution in [0.25, 0.3) is 0 Å². The number of carbonyl (C=O) groups is 1. The van der Waals surface area contributed by atoms with Gasteiger partial charge in [-0.05, 0) is 65.2 Å². The first kappa shape index (κ1) is 21.9. The molecule has 2 fully saturated rings. The molecule has 0 N–H and O–H groups in total. The number of aryl methyl sites for hydroxylation is 1. The average Bonchev–Trinajstić information content (AvgIpc) is 3.24. The number of alkyl halides is 1. The first-order valence-corrected chi connectivity index (χ1v) is 12.4. The Labute approximate surface area is 186 Å². The highest BCUT2D eigenvalue weighted by Crippen LogP contribution is 2.37. The van der Waals surface area contributed by atoms with Crippen LogP contribution in [0.5, 0.6) is 0 Å². The fourth-order valence-corrected chi connectivity index (χ4v) is 5.56. The maximum absolute atomic E-state index is 13.2. The van der Waals surface area contributed by atoms with Crippen molar-refractivity contribution in [1.82, 2.24) is 14.9 Å². The molecular formula is C24H37ClN4O. The van der Waals surface area contributed by atoms with E-state index in [9.17, 15) is 4.79 Å². The molecule has 1 aliphatic carbocycles. The van der Waals surface area contributed by atoms with Crippen LogP contribution in [0.2, 0.25) is 0 Å². The fourth-order valence-electron chi connectivity index (χ4n) is 5.44. The SMILES string of the molecule is Cc1nc(C2CCCN2C(=O)C(C)(C)CCl)nc2c1CCCN2CC1CCCCC1. The summed E-state index contributed by atoms with van der Waals surface area (Å²) in [6.45, 7) is 8.97. The summed E-state index contributed by atoms with van der Waals surface area (Å²) in [6, 6.07) is -0.0255.